The Kier molecular flexibility index (Phi) is 7.31. The van der Waals surface area contributed by atoms with Gasteiger partial charge in [0.25, 0.3) is 5.91 Å². The molecule has 11 heteroatoms. The smallest absolute Gasteiger partial charge is 0.325 e. The average molecular weight is 505 g/mol. The fraction of sp³-hybridized carbons (Fsp3) is 0.150. The number of hydrogen-bond acceptors (Lipinski definition) is 4. The minimum atomic E-state index is -4.57. The number of thiocarbonyl (C=S) groups is 1. The normalized spacial score (nSPS) is 15.6. The molecule has 4 nitrogen and oxygen atoms in total. The Balaban J connectivity index is 1.65. The van der Waals surface area contributed by atoms with E-state index in [2.05, 4.69) is 5.32 Å². The molecule has 1 saturated heterocycles. The number of thioether (sulfide) groups is 1. The predicted molar refractivity (Wildman–Crippen MR) is 121 cm³/mol. The fourth-order valence-electron chi connectivity index (χ4n) is 2.65. The molecule has 0 saturated carbocycles. The molecule has 0 unspecified atom stereocenters. The molecule has 1 N–H and O–H groups in total. The van der Waals surface area contributed by atoms with Crippen LogP contribution in [0.2, 0.25) is 10.0 Å². The van der Waals surface area contributed by atoms with Crippen molar-refractivity contribution in [2.75, 3.05) is 11.9 Å². The molecule has 2 aromatic rings. The van der Waals surface area contributed by atoms with Crippen molar-refractivity contribution >= 4 is 75.1 Å². The van der Waals surface area contributed by atoms with Gasteiger partial charge in [-0.3, -0.25) is 14.5 Å². The van der Waals surface area contributed by atoms with Crippen LogP contribution in [0.15, 0.2) is 47.4 Å². The Morgan fingerprint density at radius 1 is 1.16 bits per heavy atom. The Morgan fingerprint density at radius 3 is 2.55 bits per heavy atom. The van der Waals surface area contributed by atoms with Crippen molar-refractivity contribution in [3.8, 4) is 0 Å². The zero-order valence-corrected chi connectivity index (χ0v) is 18.6. The number of carbonyl (C=O) groups excluding carboxylic acids is 2. The van der Waals surface area contributed by atoms with E-state index in [4.69, 9.17) is 35.4 Å². The molecule has 31 heavy (non-hydrogen) atoms. The van der Waals surface area contributed by atoms with E-state index < -0.39 is 17.6 Å². The largest absolute Gasteiger partial charge is 0.416 e. The van der Waals surface area contributed by atoms with Gasteiger partial charge >= 0.3 is 6.18 Å². The minimum Gasteiger partial charge on any atom is -0.325 e. The van der Waals surface area contributed by atoms with E-state index in [9.17, 15) is 22.8 Å². The molecule has 1 fully saturated rings. The third kappa shape index (κ3) is 5.79. The predicted octanol–water partition coefficient (Wildman–Crippen LogP) is 6.24. The first kappa shape index (κ1) is 23.6. The van der Waals surface area contributed by atoms with Crippen molar-refractivity contribution in [2.24, 2.45) is 0 Å². The Hall–Kier alpha value is -2.07. The summed E-state index contributed by atoms with van der Waals surface area (Å²) in [6.45, 7) is -0.0348. The summed E-state index contributed by atoms with van der Waals surface area (Å²) in [5.74, 6) is -0.981. The quantitative estimate of drug-likeness (QED) is 0.386. The maximum absolute atomic E-state index is 12.9. The molecule has 1 aliphatic rings. The number of carbonyl (C=O) groups is 2. The van der Waals surface area contributed by atoms with Gasteiger partial charge in [-0.05, 0) is 35.9 Å². The van der Waals surface area contributed by atoms with Crippen molar-refractivity contribution in [1.82, 2.24) is 4.90 Å². The van der Waals surface area contributed by atoms with Crippen molar-refractivity contribution in [1.29, 1.82) is 0 Å². The van der Waals surface area contributed by atoms with Crippen molar-refractivity contribution in [2.45, 2.75) is 12.6 Å². The molecule has 1 aliphatic heterocycles. The highest BCUT2D eigenvalue weighted by Gasteiger charge is 2.33. The first-order valence-electron chi connectivity index (χ1n) is 8.73. The van der Waals surface area contributed by atoms with Gasteiger partial charge in [0.15, 0.2) is 0 Å². The van der Waals surface area contributed by atoms with Gasteiger partial charge in [-0.1, -0.05) is 65.4 Å². The molecule has 0 atom stereocenters. The second kappa shape index (κ2) is 9.60. The molecular formula is C20H13Cl2F3N2O2S2. The molecule has 1 heterocycles. The molecule has 0 aliphatic carbocycles. The van der Waals surface area contributed by atoms with Crippen LogP contribution in [0.25, 0.3) is 6.08 Å². The summed E-state index contributed by atoms with van der Waals surface area (Å²) in [7, 11) is 0. The monoisotopic (exact) mass is 504 g/mol. The number of alkyl halides is 3. The second-order valence-corrected chi connectivity index (χ2v) is 8.84. The van der Waals surface area contributed by atoms with Crippen molar-refractivity contribution < 1.29 is 22.8 Å². The maximum atomic E-state index is 12.9. The van der Waals surface area contributed by atoms with Crippen LogP contribution in [0.4, 0.5) is 18.9 Å². The summed E-state index contributed by atoms with van der Waals surface area (Å²) < 4.78 is 38.9. The molecular weight excluding hydrogens is 492 g/mol. The van der Waals surface area contributed by atoms with Gasteiger partial charge in [0.1, 0.15) is 4.32 Å². The van der Waals surface area contributed by atoms with Crippen LogP contribution >= 0.6 is 47.2 Å². The Bertz CT molecular complexity index is 1090. The van der Waals surface area contributed by atoms with Gasteiger partial charge in [0.2, 0.25) is 5.91 Å². The lowest BCUT2D eigenvalue weighted by atomic mass is 10.2. The number of rotatable bonds is 5. The van der Waals surface area contributed by atoms with Crippen molar-refractivity contribution in [3.05, 3.63) is 68.5 Å². The number of hydrogen-bond donors (Lipinski definition) is 1. The van der Waals surface area contributed by atoms with E-state index in [1.54, 1.807) is 30.3 Å². The van der Waals surface area contributed by atoms with Gasteiger partial charge < -0.3 is 5.32 Å². The van der Waals surface area contributed by atoms with Gasteiger partial charge in [-0.25, -0.2) is 0 Å². The summed E-state index contributed by atoms with van der Waals surface area (Å²) in [6, 6.07) is 9.62. The zero-order valence-electron chi connectivity index (χ0n) is 15.5. The van der Waals surface area contributed by atoms with E-state index in [1.165, 1.54) is 4.90 Å². The van der Waals surface area contributed by atoms with Crippen LogP contribution < -0.4 is 5.32 Å². The number of anilines is 1. The number of benzene rings is 2. The molecule has 2 amide bonds. The highest BCUT2D eigenvalue weighted by molar-refractivity contribution is 8.26. The molecule has 2 aromatic carbocycles. The maximum Gasteiger partial charge on any atom is 0.416 e. The lowest BCUT2D eigenvalue weighted by molar-refractivity contribution is -0.137. The highest BCUT2D eigenvalue weighted by Crippen LogP contribution is 2.35. The molecule has 3 rings (SSSR count). The number of nitrogens with zero attached hydrogens (tertiary/aromatic N) is 1. The van der Waals surface area contributed by atoms with E-state index in [1.807, 2.05) is 0 Å². The standard InChI is InChI=1S/C20H13Cl2F3N2O2S2/c21-13-4-2-1-3-11(13)9-16-18(29)27(19(30)31-16)8-7-17(28)26-15-10-12(20(23,24)25)5-6-14(15)22/h1-6,9-10H,7-8H2,(H,26,28)/b16-9-. The summed E-state index contributed by atoms with van der Waals surface area (Å²) in [5, 5.41) is 2.79. The zero-order chi connectivity index (χ0) is 22.8. The number of amides is 2. The van der Waals surface area contributed by atoms with E-state index in [-0.39, 0.29) is 33.9 Å². The molecule has 0 spiro atoms. The van der Waals surface area contributed by atoms with Gasteiger partial charge in [-0.2, -0.15) is 13.2 Å². The van der Waals surface area contributed by atoms with Crippen LogP contribution in [-0.2, 0) is 15.8 Å². The minimum absolute atomic E-state index is 0.0327. The summed E-state index contributed by atoms with van der Waals surface area (Å²) in [5.41, 5.74) is -0.444. The SMILES string of the molecule is O=C(CCN1C(=O)/C(=C/c2ccccc2Cl)SC1=S)Nc1cc(C(F)(F)F)ccc1Cl. The summed E-state index contributed by atoms with van der Waals surface area (Å²) in [4.78, 5) is 26.5. The third-order valence-electron chi connectivity index (χ3n) is 4.20. The number of halogens is 5. The van der Waals surface area contributed by atoms with E-state index in [0.29, 0.717) is 15.5 Å². The van der Waals surface area contributed by atoms with Crippen LogP contribution in [0.5, 0.6) is 0 Å². The van der Waals surface area contributed by atoms with E-state index >= 15 is 0 Å². The molecule has 0 radical (unpaired) electrons. The lowest BCUT2D eigenvalue weighted by Crippen LogP contribution is -2.31. The van der Waals surface area contributed by atoms with Crippen molar-refractivity contribution in [3.63, 3.8) is 0 Å². The fourth-order valence-corrected chi connectivity index (χ4v) is 4.30. The van der Waals surface area contributed by atoms with Gasteiger partial charge in [-0.15, -0.1) is 0 Å². The Labute approximate surface area is 195 Å². The van der Waals surface area contributed by atoms with E-state index in [0.717, 1.165) is 30.0 Å². The molecule has 0 bridgehead atoms. The number of nitrogens with one attached hydrogen (secondary N) is 1. The van der Waals surface area contributed by atoms with Gasteiger partial charge in [0.05, 0.1) is 21.2 Å². The summed E-state index contributed by atoms with van der Waals surface area (Å²) >= 11 is 18.3. The van der Waals surface area contributed by atoms with Crippen LogP contribution in [0, 0.1) is 0 Å². The van der Waals surface area contributed by atoms with Crippen LogP contribution in [0.1, 0.15) is 17.5 Å². The molecule has 162 valence electrons. The third-order valence-corrected chi connectivity index (χ3v) is 6.25. The molecule has 0 aromatic heterocycles. The topological polar surface area (TPSA) is 49.4 Å². The second-order valence-electron chi connectivity index (χ2n) is 6.35. The average Bonchev–Trinajstić information content (AvgIpc) is 2.95. The first-order chi connectivity index (χ1) is 14.6. The van der Waals surface area contributed by atoms with Crippen LogP contribution in [-0.4, -0.2) is 27.6 Å². The first-order valence-corrected chi connectivity index (χ1v) is 10.7. The van der Waals surface area contributed by atoms with Gasteiger partial charge in [0, 0.05) is 18.0 Å². The van der Waals surface area contributed by atoms with Crippen LogP contribution in [0.3, 0.4) is 0 Å². The highest BCUT2D eigenvalue weighted by atomic mass is 35.5. The Morgan fingerprint density at radius 2 is 1.87 bits per heavy atom. The summed E-state index contributed by atoms with van der Waals surface area (Å²) in [6.07, 6.45) is -3.14. The lowest BCUT2D eigenvalue weighted by Gasteiger charge is -2.15.